The van der Waals surface area contributed by atoms with E-state index in [4.69, 9.17) is 51.1 Å². The second-order valence-electron chi connectivity index (χ2n) is 6.52. The summed E-state index contributed by atoms with van der Waals surface area (Å²) in [6, 6.07) is 0. The Balaban J connectivity index is -0.000000102. The number of aliphatic hydroxyl groups is 10. The summed E-state index contributed by atoms with van der Waals surface area (Å²) in [5.74, 6) is -3.95. The Morgan fingerprint density at radius 3 is 1.15 bits per heavy atom. The van der Waals surface area contributed by atoms with Gasteiger partial charge in [-0.25, -0.2) is 0 Å². The van der Waals surface area contributed by atoms with Crippen molar-refractivity contribution in [3.8, 4) is 0 Å². The molecule has 0 aliphatic carbocycles. The van der Waals surface area contributed by atoms with Crippen LogP contribution in [0, 0.1) is 0 Å². The average molecular weight is 723 g/mol. The summed E-state index contributed by atoms with van der Waals surface area (Å²) in [6.45, 7) is -3.59. The smallest absolute Gasteiger partial charge is 0.855 e. The van der Waals surface area contributed by atoms with Gasteiger partial charge in [0.05, 0.1) is 33.0 Å². The molecular weight excluding hydrogens is 696 g/mol. The third-order valence-electron chi connectivity index (χ3n) is 3.60. The minimum absolute atomic E-state index is 0. The van der Waals surface area contributed by atoms with Gasteiger partial charge >= 0.3 is 51.2 Å². The molecule has 0 fully saturated rings. The molecular formula is C15H27Mn3O20P. The van der Waals surface area contributed by atoms with Gasteiger partial charge in [-0.3, -0.25) is 0 Å². The quantitative estimate of drug-likeness (QED) is 0.0587. The van der Waals surface area contributed by atoms with Gasteiger partial charge in [-0.2, -0.15) is 6.61 Å². The Labute approximate surface area is 251 Å². The third kappa shape index (κ3) is 25.6. The number of carbonyl (C=O) groups excluding carboxylic acids is 2. The van der Waals surface area contributed by atoms with Crippen LogP contribution in [0.5, 0.6) is 0 Å². The van der Waals surface area contributed by atoms with E-state index in [0.717, 1.165) is 0 Å². The molecule has 10 N–H and O–H groups in total. The van der Waals surface area contributed by atoms with Crippen molar-refractivity contribution in [2.24, 2.45) is 0 Å². The van der Waals surface area contributed by atoms with Crippen molar-refractivity contribution >= 4 is 19.8 Å². The maximum absolute atomic E-state index is 10.1. The summed E-state index contributed by atoms with van der Waals surface area (Å²) in [6.07, 6.45) is -17.8. The van der Waals surface area contributed by atoms with E-state index in [2.05, 4.69) is 4.52 Å². The Kier molecular flexibility index (Phi) is 35.9. The van der Waals surface area contributed by atoms with E-state index in [1.807, 2.05) is 0 Å². The number of carboxylic acid groups (broad SMARTS) is 2. The molecule has 24 heteroatoms. The number of hydrogen-bond acceptors (Lipinski definition) is 20. The summed E-state index contributed by atoms with van der Waals surface area (Å²) < 4.78 is 13.2. The molecule has 20 nitrogen and oxygen atoms in total. The number of phosphoric ester groups is 1. The topological polar surface area (TPSA) is 401 Å². The van der Waals surface area contributed by atoms with Crippen LogP contribution in [0.15, 0.2) is 0 Å². The molecule has 0 bridgehead atoms. The molecule has 0 rings (SSSR count). The molecule has 0 saturated heterocycles. The average Bonchev–Trinajstić information content (AvgIpc) is 2.83. The van der Waals surface area contributed by atoms with Crippen molar-refractivity contribution in [3.05, 3.63) is 0 Å². The van der Waals surface area contributed by atoms with E-state index in [-0.39, 0.29) is 51.2 Å². The van der Waals surface area contributed by atoms with Gasteiger partial charge in [0.1, 0.15) is 48.8 Å². The number of phosphoric acid groups is 1. The SMILES string of the molecule is O=C([O-])[C@H](O)[C@@H](O)[C@H](O)[C@H](O)CO.O=C([O-])[C@H](O)[C@@H](O)[C@H](O)[C@H](O)CO.O=P([O-])([O-])OCC([O-])C[O-].[Mn+2].[Mn+2].[Mn+2]. The fraction of sp³-hybridized carbons (Fsp3) is 0.867. The zero-order valence-electron chi connectivity index (χ0n) is 19.2. The van der Waals surface area contributed by atoms with Crippen molar-refractivity contribution in [2.75, 3.05) is 26.4 Å². The van der Waals surface area contributed by atoms with Crippen molar-refractivity contribution in [2.45, 2.75) is 54.9 Å². The van der Waals surface area contributed by atoms with Gasteiger partial charge in [0.2, 0.25) is 0 Å². The zero-order chi connectivity index (χ0) is 29.4. The minimum Gasteiger partial charge on any atom is -0.855 e. The largest absolute Gasteiger partial charge is 2.00 e. The number of aliphatic hydroxyl groups excluding tert-OH is 10. The first kappa shape index (κ1) is 51.8. The van der Waals surface area contributed by atoms with Crippen LogP contribution in [0.3, 0.4) is 0 Å². The molecule has 233 valence electrons. The fourth-order valence-corrected chi connectivity index (χ4v) is 1.89. The summed E-state index contributed by atoms with van der Waals surface area (Å²) in [5.41, 5.74) is 0. The number of aliphatic carboxylic acids is 2. The summed E-state index contributed by atoms with van der Waals surface area (Å²) >= 11 is 0. The normalized spacial score (nSPS) is 17.5. The van der Waals surface area contributed by atoms with Crippen LogP contribution < -0.4 is 30.2 Å². The third-order valence-corrected chi connectivity index (χ3v) is 4.06. The van der Waals surface area contributed by atoms with Crippen LogP contribution in [0.2, 0.25) is 0 Å². The maximum atomic E-state index is 10.1. The summed E-state index contributed by atoms with van der Waals surface area (Å²) in [5, 5.41) is 127. The van der Waals surface area contributed by atoms with Crippen LogP contribution in [0.25, 0.3) is 0 Å². The second-order valence-corrected chi connectivity index (χ2v) is 7.67. The van der Waals surface area contributed by atoms with E-state index >= 15 is 0 Å². The van der Waals surface area contributed by atoms with Gasteiger partial charge < -0.3 is 100.0 Å². The van der Waals surface area contributed by atoms with Gasteiger partial charge in [0.25, 0.3) is 0 Å². The van der Waals surface area contributed by atoms with Gasteiger partial charge in [-0.1, -0.05) is 0 Å². The summed E-state index contributed by atoms with van der Waals surface area (Å²) in [7, 11) is -5.07. The van der Waals surface area contributed by atoms with Crippen LogP contribution >= 0.6 is 7.82 Å². The predicted octanol–water partition coefficient (Wildman–Crippen LogP) is -13.7. The van der Waals surface area contributed by atoms with E-state index in [0.29, 0.717) is 0 Å². The van der Waals surface area contributed by atoms with Crippen molar-refractivity contribution < 1.29 is 151 Å². The van der Waals surface area contributed by atoms with Gasteiger partial charge in [0, 0.05) is 6.61 Å². The molecule has 0 aromatic carbocycles. The molecule has 3 radical (unpaired) electrons. The van der Waals surface area contributed by atoms with Crippen LogP contribution in [0.4, 0.5) is 0 Å². The Morgan fingerprint density at radius 2 is 0.974 bits per heavy atom. The summed E-state index contributed by atoms with van der Waals surface area (Å²) in [4.78, 5) is 39.3. The number of hydrogen-bond donors (Lipinski definition) is 10. The second kappa shape index (κ2) is 27.0. The molecule has 9 atom stereocenters. The molecule has 0 spiro atoms. The molecule has 0 heterocycles. The first-order valence-corrected chi connectivity index (χ1v) is 10.7. The Morgan fingerprint density at radius 1 is 0.692 bits per heavy atom. The van der Waals surface area contributed by atoms with Crippen molar-refractivity contribution in [1.29, 1.82) is 0 Å². The fourth-order valence-electron chi connectivity index (χ4n) is 1.55. The van der Waals surface area contributed by atoms with E-state index < -0.39 is 101 Å². The first-order chi connectivity index (χ1) is 16.3. The van der Waals surface area contributed by atoms with Crippen molar-refractivity contribution in [3.63, 3.8) is 0 Å². The van der Waals surface area contributed by atoms with Crippen LogP contribution in [-0.4, -0.2) is 144 Å². The molecule has 0 aliphatic rings. The molecule has 0 amide bonds. The standard InChI is InChI=1S/2C6H12O7.C3H7O6P.3Mn/c2*7-1-2(8)3(9)4(10)5(11)6(12)13;4-1-3(5)2-9-10(6,7)8;;;/h2*2-5,7-11H,1H2,(H,12,13);3H,1-2H2,(H2,6,7,8);;;/q;;-2;3*+2/p-4/t2*2-,3-,4+,5-;;;;/m11..../s1. The Bertz CT molecular complexity index is 620. The van der Waals surface area contributed by atoms with E-state index in [9.17, 15) is 44.4 Å². The minimum atomic E-state index is -5.07. The van der Waals surface area contributed by atoms with Gasteiger partial charge in [0.15, 0.2) is 0 Å². The monoisotopic (exact) mass is 723 g/mol. The molecule has 1 unspecified atom stereocenters. The zero-order valence-corrected chi connectivity index (χ0v) is 23.6. The maximum Gasteiger partial charge on any atom is 2.00 e. The van der Waals surface area contributed by atoms with Gasteiger partial charge in [-0.15, -0.1) is 6.10 Å². The van der Waals surface area contributed by atoms with E-state index in [1.165, 1.54) is 0 Å². The van der Waals surface area contributed by atoms with E-state index in [1.54, 1.807) is 0 Å². The molecule has 0 aromatic heterocycles. The van der Waals surface area contributed by atoms with Crippen LogP contribution in [-0.2, 0) is 69.9 Å². The molecule has 39 heavy (non-hydrogen) atoms. The number of carboxylic acids is 2. The molecule has 0 aliphatic heterocycles. The number of carbonyl (C=O) groups is 2. The van der Waals surface area contributed by atoms with Crippen LogP contribution in [0.1, 0.15) is 0 Å². The first-order valence-electron chi connectivity index (χ1n) is 9.27. The molecule has 0 saturated carbocycles. The van der Waals surface area contributed by atoms with Gasteiger partial charge in [-0.05, 0) is 0 Å². The van der Waals surface area contributed by atoms with Crippen molar-refractivity contribution in [1.82, 2.24) is 0 Å². The number of rotatable bonds is 14. The predicted molar refractivity (Wildman–Crippen MR) is 94.5 cm³/mol. The molecule has 0 aromatic rings. The Hall–Kier alpha value is 0.128.